The van der Waals surface area contributed by atoms with E-state index in [9.17, 15) is 4.79 Å². The molecule has 1 aliphatic rings. The number of hydrogen-bond donors (Lipinski definition) is 0. The molecule has 0 heterocycles. The maximum absolute atomic E-state index is 11.8. The Hall–Kier alpha value is -0.330. The summed E-state index contributed by atoms with van der Waals surface area (Å²) in [7, 11) is 0. The van der Waals surface area contributed by atoms with E-state index in [1.165, 1.54) is 12.8 Å². The summed E-state index contributed by atoms with van der Waals surface area (Å²) in [5.41, 5.74) is 0.0660. The second-order valence-electron chi connectivity index (χ2n) is 3.97. The third-order valence-electron chi connectivity index (χ3n) is 3.50. The highest BCUT2D eigenvalue weighted by atomic mass is 16.1. The Kier molecular flexibility index (Phi) is 3.30. The minimum atomic E-state index is 0.0660. The van der Waals surface area contributed by atoms with Gasteiger partial charge in [-0.15, -0.1) is 0 Å². The minimum Gasteiger partial charge on any atom is -0.299 e. The molecule has 1 aliphatic carbocycles. The summed E-state index contributed by atoms with van der Waals surface area (Å²) >= 11 is 0. The standard InChI is InChI=1S/C11H20O/c1-3-11(4-2)9-7-5-6-8-10(11)12/h3-9H2,1-2H3. The largest absolute Gasteiger partial charge is 0.299 e. The highest BCUT2D eigenvalue weighted by Crippen LogP contribution is 2.37. The van der Waals surface area contributed by atoms with E-state index in [-0.39, 0.29) is 5.41 Å². The van der Waals surface area contributed by atoms with Gasteiger partial charge in [0.2, 0.25) is 0 Å². The van der Waals surface area contributed by atoms with E-state index in [1.807, 2.05) is 0 Å². The zero-order valence-electron chi connectivity index (χ0n) is 8.36. The number of Topliss-reactive ketones (excluding diaryl/α,β-unsaturated/α-hetero) is 1. The van der Waals surface area contributed by atoms with Gasteiger partial charge in [0.25, 0.3) is 0 Å². The number of rotatable bonds is 2. The fraction of sp³-hybridized carbons (Fsp3) is 0.909. The second kappa shape index (κ2) is 4.06. The monoisotopic (exact) mass is 168 g/mol. The van der Waals surface area contributed by atoms with Crippen molar-refractivity contribution in [3.63, 3.8) is 0 Å². The topological polar surface area (TPSA) is 17.1 Å². The summed E-state index contributed by atoms with van der Waals surface area (Å²) < 4.78 is 0. The van der Waals surface area contributed by atoms with Crippen molar-refractivity contribution in [1.29, 1.82) is 0 Å². The Morgan fingerprint density at radius 2 is 1.83 bits per heavy atom. The van der Waals surface area contributed by atoms with Gasteiger partial charge in [-0.05, 0) is 25.7 Å². The van der Waals surface area contributed by atoms with E-state index < -0.39 is 0 Å². The molecule has 1 heteroatoms. The van der Waals surface area contributed by atoms with Gasteiger partial charge in [0, 0.05) is 11.8 Å². The van der Waals surface area contributed by atoms with Gasteiger partial charge in [-0.1, -0.05) is 26.7 Å². The van der Waals surface area contributed by atoms with Crippen LogP contribution in [0.4, 0.5) is 0 Å². The van der Waals surface area contributed by atoms with Crippen molar-refractivity contribution < 1.29 is 4.79 Å². The third kappa shape index (κ3) is 1.70. The van der Waals surface area contributed by atoms with Crippen molar-refractivity contribution in [3.05, 3.63) is 0 Å². The van der Waals surface area contributed by atoms with Gasteiger partial charge in [0.1, 0.15) is 5.78 Å². The fourth-order valence-corrected chi connectivity index (χ4v) is 2.33. The minimum absolute atomic E-state index is 0.0660. The Morgan fingerprint density at radius 1 is 1.17 bits per heavy atom. The summed E-state index contributed by atoms with van der Waals surface area (Å²) in [6, 6.07) is 0. The smallest absolute Gasteiger partial charge is 0.139 e. The number of ketones is 1. The first kappa shape index (κ1) is 9.76. The average molecular weight is 168 g/mol. The third-order valence-corrected chi connectivity index (χ3v) is 3.50. The van der Waals surface area contributed by atoms with Crippen LogP contribution in [0, 0.1) is 5.41 Å². The van der Waals surface area contributed by atoms with Crippen LogP contribution in [0.3, 0.4) is 0 Å². The van der Waals surface area contributed by atoms with Crippen LogP contribution in [0.15, 0.2) is 0 Å². The van der Waals surface area contributed by atoms with Crippen LogP contribution in [0.1, 0.15) is 58.8 Å². The van der Waals surface area contributed by atoms with Crippen LogP contribution in [0.5, 0.6) is 0 Å². The van der Waals surface area contributed by atoms with Gasteiger partial charge in [0.05, 0.1) is 0 Å². The van der Waals surface area contributed by atoms with Gasteiger partial charge in [-0.2, -0.15) is 0 Å². The van der Waals surface area contributed by atoms with Crippen LogP contribution in [0.2, 0.25) is 0 Å². The van der Waals surface area contributed by atoms with Crippen LogP contribution in [-0.2, 0) is 4.79 Å². The first-order chi connectivity index (χ1) is 5.75. The van der Waals surface area contributed by atoms with Gasteiger partial charge in [-0.25, -0.2) is 0 Å². The van der Waals surface area contributed by atoms with Crippen LogP contribution in [-0.4, -0.2) is 5.78 Å². The summed E-state index contributed by atoms with van der Waals surface area (Å²) in [5.74, 6) is 0.532. The molecule has 0 unspecified atom stereocenters. The van der Waals surface area contributed by atoms with Crippen molar-refractivity contribution in [3.8, 4) is 0 Å². The van der Waals surface area contributed by atoms with Crippen molar-refractivity contribution >= 4 is 5.78 Å². The van der Waals surface area contributed by atoms with Crippen molar-refractivity contribution in [2.45, 2.75) is 58.8 Å². The molecular weight excluding hydrogens is 148 g/mol. The average Bonchev–Trinajstić information content (AvgIpc) is 2.28. The Labute approximate surface area is 75.5 Å². The lowest BCUT2D eigenvalue weighted by Gasteiger charge is -2.28. The molecule has 0 aromatic carbocycles. The molecule has 1 nitrogen and oxygen atoms in total. The molecule has 0 bridgehead atoms. The van der Waals surface area contributed by atoms with E-state index in [4.69, 9.17) is 0 Å². The highest BCUT2D eigenvalue weighted by molar-refractivity contribution is 5.84. The molecule has 1 saturated carbocycles. The van der Waals surface area contributed by atoms with Gasteiger partial charge in [-0.3, -0.25) is 4.79 Å². The predicted octanol–water partition coefficient (Wildman–Crippen LogP) is 3.33. The molecule has 0 amide bonds. The molecule has 0 aromatic heterocycles. The molecule has 0 aliphatic heterocycles. The number of carbonyl (C=O) groups is 1. The first-order valence-electron chi connectivity index (χ1n) is 5.28. The quantitative estimate of drug-likeness (QED) is 0.578. The molecule has 1 rings (SSSR count). The summed E-state index contributed by atoms with van der Waals surface area (Å²) in [5, 5.41) is 0. The number of hydrogen-bond acceptors (Lipinski definition) is 1. The lowest BCUT2D eigenvalue weighted by Crippen LogP contribution is -2.28. The molecule has 0 N–H and O–H groups in total. The fourth-order valence-electron chi connectivity index (χ4n) is 2.33. The van der Waals surface area contributed by atoms with E-state index in [2.05, 4.69) is 13.8 Å². The lowest BCUT2D eigenvalue weighted by atomic mass is 9.75. The highest BCUT2D eigenvalue weighted by Gasteiger charge is 2.34. The molecule has 0 atom stereocenters. The van der Waals surface area contributed by atoms with Gasteiger partial charge < -0.3 is 0 Å². The van der Waals surface area contributed by atoms with Crippen molar-refractivity contribution in [1.82, 2.24) is 0 Å². The van der Waals surface area contributed by atoms with E-state index >= 15 is 0 Å². The van der Waals surface area contributed by atoms with Crippen LogP contribution >= 0.6 is 0 Å². The first-order valence-corrected chi connectivity index (χ1v) is 5.28. The maximum atomic E-state index is 11.8. The van der Waals surface area contributed by atoms with E-state index in [1.54, 1.807) is 0 Å². The maximum Gasteiger partial charge on any atom is 0.139 e. The molecule has 12 heavy (non-hydrogen) atoms. The SMILES string of the molecule is CCC1(CC)CCCCCC1=O. The Balaban J connectivity index is 2.73. The molecule has 0 aromatic rings. The Bertz CT molecular complexity index is 156. The molecule has 0 spiro atoms. The summed E-state index contributed by atoms with van der Waals surface area (Å²) in [6.07, 6.45) is 7.70. The van der Waals surface area contributed by atoms with Crippen LogP contribution in [0.25, 0.3) is 0 Å². The molecule has 0 saturated heterocycles. The Morgan fingerprint density at radius 3 is 2.42 bits per heavy atom. The predicted molar refractivity (Wildman–Crippen MR) is 51.1 cm³/mol. The number of carbonyl (C=O) groups excluding carboxylic acids is 1. The lowest BCUT2D eigenvalue weighted by molar-refractivity contribution is -0.129. The van der Waals surface area contributed by atoms with Crippen molar-refractivity contribution in [2.75, 3.05) is 0 Å². The zero-order valence-corrected chi connectivity index (χ0v) is 8.36. The zero-order chi connectivity index (χ0) is 9.03. The molecule has 0 radical (unpaired) electrons. The van der Waals surface area contributed by atoms with Gasteiger partial charge in [0.15, 0.2) is 0 Å². The van der Waals surface area contributed by atoms with E-state index in [0.717, 1.165) is 32.1 Å². The van der Waals surface area contributed by atoms with Gasteiger partial charge >= 0.3 is 0 Å². The molecule has 1 fully saturated rings. The summed E-state index contributed by atoms with van der Waals surface area (Å²) in [6.45, 7) is 4.32. The summed E-state index contributed by atoms with van der Waals surface area (Å²) in [4.78, 5) is 11.8. The van der Waals surface area contributed by atoms with Crippen molar-refractivity contribution in [2.24, 2.45) is 5.41 Å². The normalized spacial score (nSPS) is 23.7. The van der Waals surface area contributed by atoms with Crippen LogP contribution < -0.4 is 0 Å². The van der Waals surface area contributed by atoms with E-state index in [0.29, 0.717) is 5.78 Å². The molecule has 70 valence electrons. The second-order valence-corrected chi connectivity index (χ2v) is 3.97. The molecular formula is C11H20O.